The molecule has 7 rings (SSSR count). The third-order valence-electron chi connectivity index (χ3n) is 8.27. The first kappa shape index (κ1) is 21.1. The number of nitrogens with zero attached hydrogens (tertiary/aromatic N) is 2. The summed E-state index contributed by atoms with van der Waals surface area (Å²) in [5, 5.41) is 7.07. The third-order valence-corrected chi connectivity index (χ3v) is 8.27. The number of rotatable bonds is 4. The molecule has 1 aliphatic carbocycles. The molecule has 2 fully saturated rings. The van der Waals surface area contributed by atoms with E-state index < -0.39 is 0 Å². The van der Waals surface area contributed by atoms with Crippen LogP contribution in [-0.4, -0.2) is 33.0 Å². The molecule has 2 aromatic heterocycles. The van der Waals surface area contributed by atoms with Gasteiger partial charge in [-0.2, -0.15) is 0 Å². The van der Waals surface area contributed by atoms with Gasteiger partial charge in [0, 0.05) is 11.1 Å². The predicted molar refractivity (Wildman–Crippen MR) is 148 cm³/mol. The number of nitrogens with one attached hydrogen (secondary N) is 4. The maximum atomic E-state index is 4.69. The molecular formula is C29H40N6. The Bertz CT molecular complexity index is 1310. The molecule has 0 radical (unpaired) electrons. The Morgan fingerprint density at radius 3 is 1.66 bits per heavy atom. The topological polar surface area (TPSA) is 81.4 Å². The van der Waals surface area contributed by atoms with E-state index in [0.29, 0.717) is 12.1 Å². The highest BCUT2D eigenvalue weighted by atomic mass is 15.0. The molecule has 6 nitrogen and oxygen atoms in total. The average molecular weight is 473 g/mol. The van der Waals surface area contributed by atoms with Gasteiger partial charge in [-0.3, -0.25) is 0 Å². The Morgan fingerprint density at radius 2 is 1.23 bits per heavy atom. The van der Waals surface area contributed by atoms with E-state index in [1.165, 1.54) is 46.2 Å². The van der Waals surface area contributed by atoms with Crippen LogP contribution in [0, 0.1) is 0 Å². The van der Waals surface area contributed by atoms with E-state index in [-0.39, 0.29) is 11.1 Å². The van der Waals surface area contributed by atoms with Gasteiger partial charge in [-0.25, -0.2) is 9.97 Å². The SMILES string of the molecule is CC1(C)c2cc(-c3cnc([C@@H]4CCCN4)[nH]3)ccc2-c2ccc(-c3cnc([C@@H]4CCCN4)[nH]3)cc21.[HH].[HH].[HH].[HH]. The number of hydrogen-bond donors (Lipinski definition) is 4. The third kappa shape index (κ3) is 3.39. The molecule has 4 N–H and O–H groups in total. The van der Waals surface area contributed by atoms with Crippen molar-refractivity contribution < 1.29 is 5.71 Å². The smallest absolute Gasteiger partial charge is 0.123 e. The van der Waals surface area contributed by atoms with Crippen molar-refractivity contribution in [3.05, 3.63) is 71.6 Å². The second kappa shape index (κ2) is 7.90. The van der Waals surface area contributed by atoms with Crippen LogP contribution in [0.25, 0.3) is 33.6 Å². The fourth-order valence-electron chi connectivity index (χ4n) is 6.23. The first-order chi connectivity index (χ1) is 17.1. The van der Waals surface area contributed by atoms with Crippen LogP contribution in [0.4, 0.5) is 0 Å². The summed E-state index contributed by atoms with van der Waals surface area (Å²) >= 11 is 0. The molecule has 2 saturated heterocycles. The molecule has 0 saturated carbocycles. The first-order valence-electron chi connectivity index (χ1n) is 12.9. The number of benzene rings is 2. The van der Waals surface area contributed by atoms with Crippen molar-refractivity contribution in [1.82, 2.24) is 30.6 Å². The van der Waals surface area contributed by atoms with Crippen LogP contribution in [0.3, 0.4) is 0 Å². The minimum absolute atomic E-state index is 0. The Balaban J connectivity index is 0.00000105. The van der Waals surface area contributed by atoms with E-state index in [1.54, 1.807) is 0 Å². The molecule has 0 bridgehead atoms. The summed E-state index contributed by atoms with van der Waals surface area (Å²) in [6.07, 6.45) is 8.70. The van der Waals surface area contributed by atoms with Crippen molar-refractivity contribution in [2.45, 2.75) is 57.0 Å². The van der Waals surface area contributed by atoms with E-state index in [1.807, 2.05) is 12.4 Å². The zero-order valence-corrected chi connectivity index (χ0v) is 20.4. The minimum atomic E-state index is -0.0809. The van der Waals surface area contributed by atoms with Crippen LogP contribution in [0.15, 0.2) is 48.8 Å². The summed E-state index contributed by atoms with van der Waals surface area (Å²) in [6.45, 7) is 6.83. The molecule has 6 heteroatoms. The van der Waals surface area contributed by atoms with Crippen LogP contribution in [-0.2, 0) is 5.41 Å². The molecule has 4 aromatic rings. The van der Waals surface area contributed by atoms with Crippen molar-refractivity contribution >= 4 is 0 Å². The van der Waals surface area contributed by atoms with Gasteiger partial charge in [0.15, 0.2) is 0 Å². The molecule has 186 valence electrons. The van der Waals surface area contributed by atoms with Crippen molar-refractivity contribution in [1.29, 1.82) is 0 Å². The highest BCUT2D eigenvalue weighted by Crippen LogP contribution is 2.50. The van der Waals surface area contributed by atoms with Gasteiger partial charge in [0.1, 0.15) is 11.6 Å². The van der Waals surface area contributed by atoms with Crippen molar-refractivity contribution in [3.63, 3.8) is 0 Å². The van der Waals surface area contributed by atoms with Crippen LogP contribution in [0.5, 0.6) is 0 Å². The van der Waals surface area contributed by atoms with E-state index in [2.05, 4.69) is 80.8 Å². The van der Waals surface area contributed by atoms with Crippen LogP contribution in [0.1, 0.15) is 80.1 Å². The fraction of sp³-hybridized carbons (Fsp3) is 0.379. The maximum Gasteiger partial charge on any atom is 0.123 e. The van der Waals surface area contributed by atoms with Gasteiger partial charge in [-0.05, 0) is 84.3 Å². The number of imidazole rings is 2. The number of H-pyrrole nitrogens is 2. The normalized spacial score (nSPS) is 22.5. The second-order valence-electron chi connectivity index (χ2n) is 10.8. The summed E-state index contributed by atoms with van der Waals surface area (Å²) in [4.78, 5) is 16.5. The highest BCUT2D eigenvalue weighted by molar-refractivity contribution is 5.85. The van der Waals surface area contributed by atoms with Crippen LogP contribution in [0.2, 0.25) is 0 Å². The minimum Gasteiger partial charge on any atom is -0.341 e. The number of aromatic amines is 2. The summed E-state index contributed by atoms with van der Waals surface area (Å²) in [6, 6.07) is 14.4. The zero-order chi connectivity index (χ0) is 23.6. The van der Waals surface area contributed by atoms with E-state index >= 15 is 0 Å². The number of fused-ring (bicyclic) bond motifs is 3. The Kier molecular flexibility index (Phi) is 4.76. The fourth-order valence-corrected chi connectivity index (χ4v) is 6.23. The number of hydrogen-bond acceptors (Lipinski definition) is 4. The average Bonchev–Trinajstić information content (AvgIpc) is 3.70. The molecular weight excluding hydrogens is 432 g/mol. The molecule has 2 aromatic carbocycles. The van der Waals surface area contributed by atoms with Crippen LogP contribution >= 0.6 is 0 Å². The summed E-state index contributed by atoms with van der Waals surface area (Å²) in [7, 11) is 0. The van der Waals surface area contributed by atoms with Crippen molar-refractivity contribution in [2.24, 2.45) is 0 Å². The van der Waals surface area contributed by atoms with E-state index in [0.717, 1.165) is 49.0 Å². The van der Waals surface area contributed by atoms with Gasteiger partial charge in [0.05, 0.1) is 35.9 Å². The summed E-state index contributed by atoms with van der Waals surface area (Å²) in [5.41, 5.74) is 9.91. The second-order valence-corrected chi connectivity index (χ2v) is 10.8. The highest BCUT2D eigenvalue weighted by Gasteiger charge is 2.36. The molecule has 3 aliphatic rings. The molecule has 0 unspecified atom stereocenters. The Labute approximate surface area is 211 Å². The lowest BCUT2D eigenvalue weighted by atomic mass is 9.81. The zero-order valence-electron chi connectivity index (χ0n) is 20.4. The van der Waals surface area contributed by atoms with E-state index in [4.69, 9.17) is 0 Å². The molecule has 35 heavy (non-hydrogen) atoms. The maximum absolute atomic E-state index is 4.69. The van der Waals surface area contributed by atoms with E-state index in [9.17, 15) is 0 Å². The van der Waals surface area contributed by atoms with Gasteiger partial charge < -0.3 is 20.6 Å². The van der Waals surface area contributed by atoms with Crippen molar-refractivity contribution in [2.75, 3.05) is 13.1 Å². The molecule has 4 heterocycles. The van der Waals surface area contributed by atoms with Gasteiger partial charge in [0.25, 0.3) is 0 Å². The summed E-state index contributed by atoms with van der Waals surface area (Å²) in [5.74, 6) is 2.11. The molecule has 0 spiro atoms. The standard InChI is InChI=1S/C29H32N6.4H2/c1-29(2)21-13-17(25-15-32-27(34-25)23-5-3-11-30-23)7-9-19(21)20-10-8-18(14-22(20)29)26-16-33-28(35-26)24-6-4-12-31-24;;;;/h7-10,13-16,23-24,30-31H,3-6,11-12H2,1-2H3,(H,32,34)(H,33,35);4*1H/t23-,24-;;;;/m0..../s1. The van der Waals surface area contributed by atoms with Crippen molar-refractivity contribution in [3.8, 4) is 33.6 Å². The van der Waals surface area contributed by atoms with Gasteiger partial charge in [-0.15, -0.1) is 0 Å². The lowest BCUT2D eigenvalue weighted by molar-refractivity contribution is 0.613. The van der Waals surface area contributed by atoms with Gasteiger partial charge in [-0.1, -0.05) is 38.1 Å². The lowest BCUT2D eigenvalue weighted by Gasteiger charge is -2.22. The Hall–Kier alpha value is -3.22. The van der Waals surface area contributed by atoms with Crippen LogP contribution < -0.4 is 10.6 Å². The monoisotopic (exact) mass is 472 g/mol. The first-order valence-corrected chi connectivity index (χ1v) is 12.9. The quantitative estimate of drug-likeness (QED) is 0.269. The molecule has 2 aliphatic heterocycles. The predicted octanol–water partition coefficient (Wildman–Crippen LogP) is 6.61. The molecule has 2 atom stereocenters. The number of aromatic nitrogens is 4. The summed E-state index contributed by atoms with van der Waals surface area (Å²) < 4.78 is 0. The Morgan fingerprint density at radius 1 is 0.743 bits per heavy atom. The lowest BCUT2D eigenvalue weighted by Crippen LogP contribution is -2.15. The molecule has 0 amide bonds. The largest absolute Gasteiger partial charge is 0.341 e. The van der Waals surface area contributed by atoms with Gasteiger partial charge in [0.2, 0.25) is 0 Å². The van der Waals surface area contributed by atoms with Gasteiger partial charge >= 0.3 is 0 Å².